The van der Waals surface area contributed by atoms with Gasteiger partial charge in [-0.2, -0.15) is 4.72 Å². The highest BCUT2D eigenvalue weighted by molar-refractivity contribution is 7.89. The van der Waals surface area contributed by atoms with Crippen LogP contribution in [0.25, 0.3) is 0 Å². The molecule has 0 radical (unpaired) electrons. The van der Waals surface area contributed by atoms with Crippen molar-refractivity contribution in [3.63, 3.8) is 0 Å². The number of rotatable bonds is 8. The lowest BCUT2D eigenvalue weighted by molar-refractivity contribution is -0.140. The van der Waals surface area contributed by atoms with E-state index in [0.29, 0.717) is 5.75 Å². The van der Waals surface area contributed by atoms with Crippen LogP contribution in [-0.2, 0) is 19.6 Å². The maximum absolute atomic E-state index is 12.1. The minimum atomic E-state index is -4.02. The summed E-state index contributed by atoms with van der Waals surface area (Å²) >= 11 is 0. The third-order valence-corrected chi connectivity index (χ3v) is 4.28. The Labute approximate surface area is 123 Å². The number of sulfonamides is 1. The van der Waals surface area contributed by atoms with Crippen molar-refractivity contribution in [1.82, 2.24) is 4.72 Å². The lowest BCUT2D eigenvalue weighted by Crippen LogP contribution is -2.42. The van der Waals surface area contributed by atoms with Gasteiger partial charge in [-0.3, -0.25) is 9.59 Å². The van der Waals surface area contributed by atoms with Crippen LogP contribution in [0.5, 0.6) is 5.75 Å². The van der Waals surface area contributed by atoms with Gasteiger partial charge in [0.15, 0.2) is 0 Å². The number of hydrogen-bond donors (Lipinski definition) is 2. The monoisotopic (exact) mass is 315 g/mol. The van der Waals surface area contributed by atoms with Crippen molar-refractivity contribution in [2.45, 2.75) is 30.7 Å². The number of nitrogens with one attached hydrogen (secondary N) is 1. The fourth-order valence-corrected chi connectivity index (χ4v) is 2.75. The molecule has 7 nitrogen and oxygen atoms in total. The van der Waals surface area contributed by atoms with E-state index in [4.69, 9.17) is 9.84 Å². The lowest BCUT2D eigenvalue weighted by atomic mass is 10.1. The number of carboxylic acids is 1. The third-order valence-electron chi connectivity index (χ3n) is 2.79. The molecule has 0 saturated carbocycles. The summed E-state index contributed by atoms with van der Waals surface area (Å²) in [4.78, 5) is 22.3. The molecule has 0 amide bonds. The highest BCUT2D eigenvalue weighted by Crippen LogP contribution is 2.16. The molecule has 1 aromatic carbocycles. The van der Waals surface area contributed by atoms with E-state index in [0.717, 1.165) is 0 Å². The summed E-state index contributed by atoms with van der Waals surface area (Å²) in [5, 5.41) is 9.01. The molecule has 0 aliphatic heterocycles. The maximum atomic E-state index is 12.1. The molecule has 0 aromatic heterocycles. The number of carbonyl (C=O) groups excluding carboxylic acids is 1. The van der Waals surface area contributed by atoms with Crippen molar-refractivity contribution < 1.29 is 27.9 Å². The minimum Gasteiger partial charge on any atom is -0.497 e. The van der Waals surface area contributed by atoms with E-state index >= 15 is 0 Å². The minimum absolute atomic E-state index is 0.0986. The van der Waals surface area contributed by atoms with Gasteiger partial charge in [0.25, 0.3) is 0 Å². The first-order valence-electron chi connectivity index (χ1n) is 6.21. The Balaban J connectivity index is 2.94. The Morgan fingerprint density at radius 2 is 1.86 bits per heavy atom. The molecule has 0 spiro atoms. The topological polar surface area (TPSA) is 110 Å². The number of hydrogen-bond acceptors (Lipinski definition) is 5. The molecular formula is C13H17NO6S. The van der Waals surface area contributed by atoms with Crippen molar-refractivity contribution in [3.05, 3.63) is 24.3 Å². The van der Waals surface area contributed by atoms with E-state index in [1.807, 2.05) is 4.72 Å². The Morgan fingerprint density at radius 3 is 2.29 bits per heavy atom. The molecule has 8 heteroatoms. The standard InChI is InChI=1S/C13H17NO6S/c1-3-9(15)8-12(13(16)17)14-21(18,19)11-6-4-10(20-2)5-7-11/h4-7,12,14H,3,8H2,1-2H3,(H,16,17). The number of Topliss-reactive ketones (excluding diaryl/α,β-unsaturated/α-hetero) is 1. The van der Waals surface area contributed by atoms with Gasteiger partial charge in [0.05, 0.1) is 12.0 Å². The second kappa shape index (κ2) is 7.19. The number of methoxy groups -OCH3 is 1. The fourth-order valence-electron chi connectivity index (χ4n) is 1.56. The molecule has 0 saturated heterocycles. The first-order chi connectivity index (χ1) is 9.80. The number of carbonyl (C=O) groups is 2. The molecule has 116 valence electrons. The Morgan fingerprint density at radius 1 is 1.29 bits per heavy atom. The van der Waals surface area contributed by atoms with E-state index in [9.17, 15) is 18.0 Å². The number of carboxylic acid groups (broad SMARTS) is 1. The molecule has 0 bridgehead atoms. The summed E-state index contributed by atoms with van der Waals surface area (Å²) < 4.78 is 31.1. The molecule has 0 heterocycles. The average molecular weight is 315 g/mol. The Hall–Kier alpha value is -1.93. The SMILES string of the molecule is CCC(=O)CC(NS(=O)(=O)c1ccc(OC)cc1)C(=O)O. The van der Waals surface area contributed by atoms with Gasteiger partial charge in [-0.05, 0) is 24.3 Å². The van der Waals surface area contributed by atoms with Gasteiger partial charge in [0, 0.05) is 12.8 Å². The normalized spacial score (nSPS) is 12.7. The number of ether oxygens (including phenoxy) is 1. The zero-order valence-electron chi connectivity index (χ0n) is 11.7. The van der Waals surface area contributed by atoms with Gasteiger partial charge < -0.3 is 9.84 Å². The molecule has 1 atom stereocenters. The highest BCUT2D eigenvalue weighted by Gasteiger charge is 2.27. The van der Waals surface area contributed by atoms with Gasteiger partial charge in [-0.15, -0.1) is 0 Å². The van der Waals surface area contributed by atoms with Gasteiger partial charge in [0.1, 0.15) is 17.6 Å². The molecule has 21 heavy (non-hydrogen) atoms. The first kappa shape index (κ1) is 17.1. The van der Waals surface area contributed by atoms with Crippen molar-refractivity contribution >= 4 is 21.8 Å². The predicted octanol–water partition coefficient (Wildman–Crippen LogP) is 0.796. The van der Waals surface area contributed by atoms with Gasteiger partial charge in [0.2, 0.25) is 10.0 Å². The van der Waals surface area contributed by atoms with E-state index in [1.54, 1.807) is 6.92 Å². The lowest BCUT2D eigenvalue weighted by Gasteiger charge is -2.14. The van der Waals surface area contributed by atoms with Crippen molar-refractivity contribution in [1.29, 1.82) is 0 Å². The smallest absolute Gasteiger partial charge is 0.322 e. The quantitative estimate of drug-likeness (QED) is 0.734. The summed E-state index contributed by atoms with van der Waals surface area (Å²) in [5.41, 5.74) is 0. The number of aliphatic carboxylic acids is 1. The van der Waals surface area contributed by atoms with Crippen LogP contribution in [0.3, 0.4) is 0 Å². The van der Waals surface area contributed by atoms with Crippen molar-refractivity contribution in [2.75, 3.05) is 7.11 Å². The Bertz CT molecular complexity index is 608. The van der Waals surface area contributed by atoms with Crippen LogP contribution in [0.2, 0.25) is 0 Å². The molecular weight excluding hydrogens is 298 g/mol. The number of ketones is 1. The summed E-state index contributed by atoms with van der Waals surface area (Å²) in [6.07, 6.45) is -0.241. The van der Waals surface area contributed by atoms with E-state index in [2.05, 4.69) is 0 Å². The molecule has 1 rings (SSSR count). The van der Waals surface area contributed by atoms with Crippen LogP contribution in [0.4, 0.5) is 0 Å². The molecule has 0 fully saturated rings. The van der Waals surface area contributed by atoms with Gasteiger partial charge in [-0.25, -0.2) is 8.42 Å². The van der Waals surface area contributed by atoms with Gasteiger partial charge in [-0.1, -0.05) is 6.92 Å². The van der Waals surface area contributed by atoms with Crippen LogP contribution in [0.1, 0.15) is 19.8 Å². The van der Waals surface area contributed by atoms with Crippen LogP contribution in [-0.4, -0.2) is 38.4 Å². The molecule has 1 aromatic rings. The van der Waals surface area contributed by atoms with Crippen molar-refractivity contribution in [3.8, 4) is 5.75 Å². The summed E-state index contributed by atoms with van der Waals surface area (Å²) in [6, 6.07) is 4.00. The summed E-state index contributed by atoms with van der Waals surface area (Å²) in [5.74, 6) is -1.25. The van der Waals surface area contributed by atoms with Crippen LogP contribution < -0.4 is 9.46 Å². The van der Waals surface area contributed by atoms with E-state index < -0.39 is 22.0 Å². The number of benzene rings is 1. The largest absolute Gasteiger partial charge is 0.497 e. The van der Waals surface area contributed by atoms with E-state index in [1.165, 1.54) is 31.4 Å². The average Bonchev–Trinajstić information content (AvgIpc) is 2.46. The molecule has 1 unspecified atom stereocenters. The fraction of sp³-hybridized carbons (Fsp3) is 0.385. The summed E-state index contributed by atoms with van der Waals surface area (Å²) in [7, 11) is -2.58. The highest BCUT2D eigenvalue weighted by atomic mass is 32.2. The first-order valence-corrected chi connectivity index (χ1v) is 7.69. The van der Waals surface area contributed by atoms with Crippen LogP contribution in [0, 0.1) is 0 Å². The molecule has 0 aliphatic carbocycles. The second-order valence-corrected chi connectivity index (χ2v) is 6.00. The zero-order valence-corrected chi connectivity index (χ0v) is 12.5. The third kappa shape index (κ3) is 4.83. The van der Waals surface area contributed by atoms with Crippen molar-refractivity contribution in [2.24, 2.45) is 0 Å². The molecule has 0 aliphatic rings. The predicted molar refractivity (Wildman–Crippen MR) is 74.7 cm³/mol. The Kier molecular flexibility index (Phi) is 5.86. The second-order valence-electron chi connectivity index (χ2n) is 4.28. The molecule has 2 N–H and O–H groups in total. The van der Waals surface area contributed by atoms with E-state index in [-0.39, 0.29) is 23.5 Å². The van der Waals surface area contributed by atoms with Crippen LogP contribution in [0.15, 0.2) is 29.2 Å². The summed E-state index contributed by atoms with van der Waals surface area (Å²) in [6.45, 7) is 1.58. The van der Waals surface area contributed by atoms with Gasteiger partial charge >= 0.3 is 5.97 Å². The maximum Gasteiger partial charge on any atom is 0.322 e. The van der Waals surface area contributed by atoms with Crippen LogP contribution >= 0.6 is 0 Å². The zero-order chi connectivity index (χ0) is 16.0.